The molecule has 0 heterocycles. The number of carbonyl (C=O) groups is 1. The molecular weight excluding hydrogens is 497 g/mol. The highest BCUT2D eigenvalue weighted by molar-refractivity contribution is 7.99. The first-order valence-electron chi connectivity index (χ1n) is 11.4. The lowest BCUT2D eigenvalue weighted by molar-refractivity contribution is -0.139. The van der Waals surface area contributed by atoms with Crippen LogP contribution in [0.15, 0.2) is 114 Å². The van der Waals surface area contributed by atoms with Crippen LogP contribution in [0.4, 0.5) is 13.2 Å². The quantitative estimate of drug-likeness (QED) is 0.227. The van der Waals surface area contributed by atoms with E-state index in [1.54, 1.807) is 30.3 Å². The van der Waals surface area contributed by atoms with Gasteiger partial charge in [-0.1, -0.05) is 78.9 Å². The zero-order valence-corrected chi connectivity index (χ0v) is 20.4. The molecule has 0 spiro atoms. The van der Waals surface area contributed by atoms with Crippen molar-refractivity contribution in [3.8, 4) is 16.9 Å². The minimum atomic E-state index is -4.49. The summed E-state index contributed by atoms with van der Waals surface area (Å²) in [5.41, 5.74) is 2.64. The third-order valence-electron chi connectivity index (χ3n) is 5.55. The van der Waals surface area contributed by atoms with Crippen molar-refractivity contribution < 1.29 is 27.8 Å². The van der Waals surface area contributed by atoms with Crippen molar-refractivity contribution in [2.24, 2.45) is 0 Å². The summed E-state index contributed by atoms with van der Waals surface area (Å²) in [5, 5.41) is 8.72. The SMILES string of the molecule is O=C(O)COc1ccc(SCC=C(c2ccc(-c3ccccc3)cc2)c2ccccc2C(F)(F)F)cc1. The van der Waals surface area contributed by atoms with Crippen LogP contribution >= 0.6 is 11.8 Å². The van der Waals surface area contributed by atoms with Gasteiger partial charge in [-0.3, -0.25) is 0 Å². The number of ether oxygens (including phenoxy) is 1. The first-order chi connectivity index (χ1) is 17.8. The fraction of sp³-hybridized carbons (Fsp3) is 0.100. The molecule has 4 aromatic carbocycles. The van der Waals surface area contributed by atoms with E-state index in [-0.39, 0.29) is 5.56 Å². The minimum absolute atomic E-state index is 0.125. The number of hydrogen-bond donors (Lipinski definition) is 1. The maximum atomic E-state index is 13.9. The highest BCUT2D eigenvalue weighted by atomic mass is 32.2. The lowest BCUT2D eigenvalue weighted by atomic mass is 9.92. The largest absolute Gasteiger partial charge is 0.482 e. The van der Waals surface area contributed by atoms with Crippen LogP contribution in [0.1, 0.15) is 16.7 Å². The molecule has 0 atom stereocenters. The molecule has 0 saturated heterocycles. The van der Waals surface area contributed by atoms with Gasteiger partial charge >= 0.3 is 12.1 Å². The number of benzene rings is 4. The van der Waals surface area contributed by atoms with Crippen LogP contribution in [0.25, 0.3) is 16.7 Å². The highest BCUT2D eigenvalue weighted by Gasteiger charge is 2.33. The van der Waals surface area contributed by atoms with Crippen LogP contribution in [0.2, 0.25) is 0 Å². The van der Waals surface area contributed by atoms with E-state index < -0.39 is 24.3 Å². The van der Waals surface area contributed by atoms with Crippen molar-refractivity contribution in [3.63, 3.8) is 0 Å². The van der Waals surface area contributed by atoms with E-state index in [0.29, 0.717) is 22.6 Å². The van der Waals surface area contributed by atoms with E-state index >= 15 is 0 Å². The summed E-state index contributed by atoms with van der Waals surface area (Å²) in [5.74, 6) is -0.204. The lowest BCUT2D eigenvalue weighted by Gasteiger charge is -2.16. The molecule has 0 unspecified atom stereocenters. The van der Waals surface area contributed by atoms with Crippen LogP contribution in [-0.4, -0.2) is 23.4 Å². The molecule has 0 aliphatic rings. The molecule has 0 aliphatic carbocycles. The Bertz CT molecular complexity index is 1360. The average molecular weight is 521 g/mol. The van der Waals surface area contributed by atoms with Crippen molar-refractivity contribution in [2.45, 2.75) is 11.1 Å². The van der Waals surface area contributed by atoms with Gasteiger partial charge in [-0.2, -0.15) is 13.2 Å². The number of hydrogen-bond acceptors (Lipinski definition) is 3. The molecule has 0 radical (unpaired) electrons. The van der Waals surface area contributed by atoms with Gasteiger partial charge in [0.2, 0.25) is 0 Å². The molecule has 0 fully saturated rings. The molecule has 3 nitrogen and oxygen atoms in total. The Morgan fingerprint density at radius 1 is 0.811 bits per heavy atom. The van der Waals surface area contributed by atoms with Gasteiger partial charge in [0.25, 0.3) is 0 Å². The Morgan fingerprint density at radius 2 is 1.43 bits per heavy atom. The van der Waals surface area contributed by atoms with Crippen LogP contribution in [-0.2, 0) is 11.0 Å². The first-order valence-corrected chi connectivity index (χ1v) is 12.4. The number of carboxylic acid groups (broad SMARTS) is 1. The van der Waals surface area contributed by atoms with Gasteiger partial charge in [0.1, 0.15) is 5.75 Å². The Balaban J connectivity index is 1.62. The van der Waals surface area contributed by atoms with Gasteiger partial charge < -0.3 is 9.84 Å². The molecule has 0 saturated carbocycles. The number of alkyl halides is 3. The minimum Gasteiger partial charge on any atom is -0.482 e. The molecule has 0 amide bonds. The van der Waals surface area contributed by atoms with E-state index in [2.05, 4.69) is 0 Å². The Labute approximate surface area is 217 Å². The molecule has 188 valence electrons. The highest BCUT2D eigenvalue weighted by Crippen LogP contribution is 2.38. The van der Waals surface area contributed by atoms with Gasteiger partial charge in [-0.05, 0) is 58.2 Å². The van der Waals surface area contributed by atoms with E-state index in [0.717, 1.165) is 22.1 Å². The van der Waals surface area contributed by atoms with E-state index in [4.69, 9.17) is 9.84 Å². The molecule has 4 rings (SSSR count). The van der Waals surface area contributed by atoms with Gasteiger partial charge in [-0.25, -0.2) is 4.79 Å². The molecule has 37 heavy (non-hydrogen) atoms. The van der Waals surface area contributed by atoms with Gasteiger partial charge in [0.05, 0.1) is 5.56 Å². The molecule has 0 aliphatic heterocycles. The number of thioether (sulfide) groups is 1. The van der Waals surface area contributed by atoms with Crippen LogP contribution in [0.5, 0.6) is 5.75 Å². The van der Waals surface area contributed by atoms with Crippen molar-refractivity contribution in [3.05, 3.63) is 126 Å². The van der Waals surface area contributed by atoms with E-state index in [1.807, 2.05) is 60.7 Å². The van der Waals surface area contributed by atoms with Gasteiger partial charge in [0.15, 0.2) is 6.61 Å². The Morgan fingerprint density at radius 3 is 2.08 bits per heavy atom. The molecule has 1 N–H and O–H groups in total. The number of rotatable bonds is 9. The number of halogens is 3. The molecule has 7 heteroatoms. The van der Waals surface area contributed by atoms with Crippen LogP contribution in [0, 0.1) is 0 Å². The smallest absolute Gasteiger partial charge is 0.417 e. The summed E-state index contributed by atoms with van der Waals surface area (Å²) < 4.78 is 46.7. The zero-order valence-electron chi connectivity index (χ0n) is 19.6. The summed E-state index contributed by atoms with van der Waals surface area (Å²) >= 11 is 1.46. The maximum Gasteiger partial charge on any atom is 0.417 e. The second kappa shape index (κ2) is 11.8. The number of aliphatic carboxylic acids is 1. The normalized spacial score (nSPS) is 11.8. The van der Waals surface area contributed by atoms with Gasteiger partial charge in [-0.15, -0.1) is 11.8 Å². The Hall–Kier alpha value is -3.97. The maximum absolute atomic E-state index is 13.9. The summed E-state index contributed by atoms with van der Waals surface area (Å²) in [6.07, 6.45) is -2.68. The molecular formula is C30H23F3O3S. The molecule has 4 aromatic rings. The van der Waals surface area contributed by atoms with Crippen molar-refractivity contribution in [1.82, 2.24) is 0 Å². The number of carboxylic acids is 1. The average Bonchev–Trinajstić information content (AvgIpc) is 2.91. The fourth-order valence-corrected chi connectivity index (χ4v) is 4.59. The van der Waals surface area contributed by atoms with Crippen LogP contribution in [0.3, 0.4) is 0 Å². The summed E-state index contributed by atoms with van der Waals surface area (Å²) in [6.45, 7) is -0.430. The third-order valence-corrected chi connectivity index (χ3v) is 6.49. The predicted molar refractivity (Wildman–Crippen MR) is 141 cm³/mol. The first kappa shape index (κ1) is 26.1. The van der Waals surface area contributed by atoms with Crippen molar-refractivity contribution in [1.29, 1.82) is 0 Å². The predicted octanol–water partition coefficient (Wildman–Crippen LogP) is 8.06. The summed E-state index contributed by atoms with van der Waals surface area (Å²) in [4.78, 5) is 11.5. The second-order valence-electron chi connectivity index (χ2n) is 8.07. The molecule has 0 bridgehead atoms. The Kier molecular flexibility index (Phi) is 8.36. The van der Waals surface area contributed by atoms with Crippen molar-refractivity contribution >= 4 is 23.3 Å². The standard InChI is InChI=1S/C30H23F3O3S/c31-30(32,33)28-9-5-4-8-27(28)26(23-12-10-22(11-13-23)21-6-2-1-3-7-21)18-19-37-25-16-14-24(15-17-25)36-20-29(34)35/h1-18H,19-20H2,(H,34,35). The fourth-order valence-electron chi connectivity index (χ4n) is 3.82. The van der Waals surface area contributed by atoms with Gasteiger partial charge in [0, 0.05) is 10.6 Å². The van der Waals surface area contributed by atoms with Crippen molar-refractivity contribution in [2.75, 3.05) is 12.4 Å². The lowest BCUT2D eigenvalue weighted by Crippen LogP contribution is -2.09. The monoisotopic (exact) mass is 520 g/mol. The van der Waals surface area contributed by atoms with E-state index in [1.165, 1.54) is 23.9 Å². The molecule has 0 aromatic heterocycles. The van der Waals surface area contributed by atoms with Crippen LogP contribution < -0.4 is 4.74 Å². The topological polar surface area (TPSA) is 46.5 Å². The van der Waals surface area contributed by atoms with E-state index in [9.17, 15) is 18.0 Å². The zero-order chi connectivity index (χ0) is 26.3. The second-order valence-corrected chi connectivity index (χ2v) is 9.16. The third kappa shape index (κ3) is 7.05. The summed E-state index contributed by atoms with van der Waals surface area (Å²) in [7, 11) is 0. The summed E-state index contributed by atoms with van der Waals surface area (Å²) in [6, 6.07) is 29.8.